The van der Waals surface area contributed by atoms with Crippen molar-refractivity contribution in [3.8, 4) is 0 Å². The summed E-state index contributed by atoms with van der Waals surface area (Å²) < 4.78 is 6.80. The van der Waals surface area contributed by atoms with E-state index in [2.05, 4.69) is 24.6 Å². The van der Waals surface area contributed by atoms with E-state index in [0.717, 1.165) is 29.3 Å². The van der Waals surface area contributed by atoms with Gasteiger partial charge in [0.15, 0.2) is 0 Å². The van der Waals surface area contributed by atoms with Crippen LogP contribution in [0.4, 0.5) is 0 Å². The lowest BCUT2D eigenvalue weighted by molar-refractivity contribution is 0.277. The predicted octanol–water partition coefficient (Wildman–Crippen LogP) is 1.66. The van der Waals surface area contributed by atoms with Gasteiger partial charge in [-0.15, -0.1) is 0 Å². The molecule has 6 nitrogen and oxygen atoms in total. The fourth-order valence-electron chi connectivity index (χ4n) is 2.08. The Morgan fingerprint density at radius 2 is 2.16 bits per heavy atom. The van der Waals surface area contributed by atoms with Gasteiger partial charge >= 0.3 is 0 Å². The number of pyridine rings is 1. The van der Waals surface area contributed by atoms with Crippen LogP contribution in [-0.2, 0) is 13.1 Å². The van der Waals surface area contributed by atoms with Gasteiger partial charge in [-0.1, -0.05) is 16.4 Å². The Bertz CT molecular complexity index is 687. The summed E-state index contributed by atoms with van der Waals surface area (Å²) in [5.41, 5.74) is 3.82. The molecule has 98 valence electrons. The zero-order valence-electron chi connectivity index (χ0n) is 10.9. The highest BCUT2D eigenvalue weighted by molar-refractivity contribution is 5.39. The van der Waals surface area contributed by atoms with E-state index in [1.807, 2.05) is 44.6 Å². The minimum Gasteiger partial charge on any atom is -0.303 e. The van der Waals surface area contributed by atoms with E-state index < -0.39 is 0 Å². The van der Waals surface area contributed by atoms with E-state index in [4.69, 9.17) is 4.63 Å². The van der Waals surface area contributed by atoms with Crippen molar-refractivity contribution in [2.45, 2.75) is 20.0 Å². The highest BCUT2D eigenvalue weighted by Gasteiger charge is 2.10. The Kier molecular flexibility index (Phi) is 3.00. The predicted molar refractivity (Wildman–Crippen MR) is 69.4 cm³/mol. The van der Waals surface area contributed by atoms with Crippen LogP contribution < -0.4 is 0 Å². The zero-order chi connectivity index (χ0) is 13.2. The number of hydrogen-bond acceptors (Lipinski definition) is 5. The average molecular weight is 257 g/mol. The van der Waals surface area contributed by atoms with Crippen molar-refractivity contribution in [3.05, 3.63) is 47.7 Å². The van der Waals surface area contributed by atoms with E-state index in [-0.39, 0.29) is 0 Å². The first-order valence-electron chi connectivity index (χ1n) is 6.11. The minimum atomic E-state index is 0.704. The van der Waals surface area contributed by atoms with E-state index >= 15 is 0 Å². The molecule has 0 aliphatic rings. The molecule has 0 aliphatic heterocycles. The number of fused-ring (bicyclic) bond motifs is 1. The molecule has 0 aromatic carbocycles. The highest BCUT2D eigenvalue weighted by atomic mass is 16.6. The van der Waals surface area contributed by atoms with Crippen molar-refractivity contribution < 1.29 is 4.63 Å². The van der Waals surface area contributed by atoms with Crippen molar-refractivity contribution in [1.29, 1.82) is 0 Å². The molecule has 0 fully saturated rings. The molecule has 3 heterocycles. The molecule has 0 saturated carbocycles. The van der Waals surface area contributed by atoms with Gasteiger partial charge in [0.1, 0.15) is 17.0 Å². The number of aryl methyl sites for hydroxylation is 1. The smallest absolute Gasteiger partial charge is 0.136 e. The number of imidazole rings is 1. The van der Waals surface area contributed by atoms with Gasteiger partial charge in [-0.25, -0.2) is 9.61 Å². The molecule has 0 atom stereocenters. The molecule has 0 bridgehead atoms. The number of rotatable bonds is 4. The fraction of sp³-hybridized carbons (Fsp3) is 0.308. The van der Waals surface area contributed by atoms with Gasteiger partial charge in [0, 0.05) is 19.3 Å². The van der Waals surface area contributed by atoms with E-state index in [9.17, 15) is 0 Å². The normalized spacial score (nSPS) is 11.5. The standard InChI is InChI=1S/C13H15N5O/c1-10-12(16-19-15-10)9-17(2)8-11-7-14-13-5-3-4-6-18(11)13/h3-7H,8-9H2,1-2H3. The van der Waals surface area contributed by atoms with Gasteiger partial charge in [-0.05, 0) is 26.1 Å². The van der Waals surface area contributed by atoms with Crippen LogP contribution in [-0.4, -0.2) is 31.6 Å². The lowest BCUT2D eigenvalue weighted by Crippen LogP contribution is -2.19. The summed E-state index contributed by atoms with van der Waals surface area (Å²) in [7, 11) is 2.04. The second-order valence-corrected chi connectivity index (χ2v) is 4.65. The van der Waals surface area contributed by atoms with E-state index in [0.29, 0.717) is 6.54 Å². The maximum absolute atomic E-state index is 4.71. The average Bonchev–Trinajstić information content (AvgIpc) is 2.98. The molecule has 0 N–H and O–H groups in total. The summed E-state index contributed by atoms with van der Waals surface area (Å²) in [5, 5.41) is 7.68. The summed E-state index contributed by atoms with van der Waals surface area (Å²) >= 11 is 0. The van der Waals surface area contributed by atoms with Gasteiger partial charge in [-0.2, -0.15) is 0 Å². The Hall–Kier alpha value is -2.21. The van der Waals surface area contributed by atoms with Crippen molar-refractivity contribution in [2.75, 3.05) is 7.05 Å². The van der Waals surface area contributed by atoms with Crippen LogP contribution in [0.3, 0.4) is 0 Å². The van der Waals surface area contributed by atoms with E-state index in [1.165, 1.54) is 0 Å². The van der Waals surface area contributed by atoms with Crippen molar-refractivity contribution >= 4 is 5.65 Å². The molecule has 19 heavy (non-hydrogen) atoms. The molecule has 3 aromatic heterocycles. The Morgan fingerprint density at radius 1 is 1.26 bits per heavy atom. The van der Waals surface area contributed by atoms with Crippen molar-refractivity contribution in [3.63, 3.8) is 0 Å². The zero-order valence-corrected chi connectivity index (χ0v) is 10.9. The lowest BCUT2D eigenvalue weighted by Gasteiger charge is -2.14. The molecule has 0 aliphatic carbocycles. The van der Waals surface area contributed by atoms with Crippen LogP contribution in [0, 0.1) is 6.92 Å². The van der Waals surface area contributed by atoms with Crippen LogP contribution in [0.15, 0.2) is 35.2 Å². The maximum atomic E-state index is 4.71. The minimum absolute atomic E-state index is 0.704. The van der Waals surface area contributed by atoms with Gasteiger partial charge in [0.2, 0.25) is 0 Å². The topological polar surface area (TPSA) is 59.5 Å². The molecule has 0 spiro atoms. The van der Waals surface area contributed by atoms with Crippen molar-refractivity contribution in [1.82, 2.24) is 24.6 Å². The first kappa shape index (κ1) is 11.9. The fourth-order valence-corrected chi connectivity index (χ4v) is 2.08. The number of hydrogen-bond donors (Lipinski definition) is 0. The molecule has 0 amide bonds. The SMILES string of the molecule is Cc1nonc1CN(C)Cc1cnc2ccccn12. The molecule has 0 unspecified atom stereocenters. The number of nitrogens with zero attached hydrogens (tertiary/aromatic N) is 5. The molecule has 3 aromatic rings. The molecule has 6 heteroatoms. The van der Waals surface area contributed by atoms with Gasteiger partial charge in [0.05, 0.1) is 11.9 Å². The van der Waals surface area contributed by atoms with Crippen LogP contribution in [0.25, 0.3) is 5.65 Å². The third-order valence-corrected chi connectivity index (χ3v) is 3.09. The molecular weight excluding hydrogens is 242 g/mol. The Labute approximate surface area is 110 Å². The lowest BCUT2D eigenvalue weighted by atomic mass is 10.3. The maximum Gasteiger partial charge on any atom is 0.136 e. The van der Waals surface area contributed by atoms with E-state index in [1.54, 1.807) is 0 Å². The van der Waals surface area contributed by atoms with Gasteiger partial charge in [0.25, 0.3) is 0 Å². The molecular formula is C13H15N5O. The first-order valence-corrected chi connectivity index (χ1v) is 6.11. The Morgan fingerprint density at radius 3 is 2.95 bits per heavy atom. The monoisotopic (exact) mass is 257 g/mol. The highest BCUT2D eigenvalue weighted by Crippen LogP contribution is 2.11. The summed E-state index contributed by atoms with van der Waals surface area (Å²) in [6.07, 6.45) is 3.92. The van der Waals surface area contributed by atoms with Crippen LogP contribution in [0.5, 0.6) is 0 Å². The van der Waals surface area contributed by atoms with Crippen LogP contribution in [0.2, 0.25) is 0 Å². The second-order valence-electron chi connectivity index (χ2n) is 4.65. The molecule has 0 saturated heterocycles. The van der Waals surface area contributed by atoms with Crippen LogP contribution in [0.1, 0.15) is 17.1 Å². The molecule has 0 radical (unpaired) electrons. The summed E-state index contributed by atoms with van der Waals surface area (Å²) in [5.74, 6) is 0. The number of aromatic nitrogens is 4. The first-order chi connectivity index (χ1) is 9.24. The van der Waals surface area contributed by atoms with Crippen molar-refractivity contribution in [2.24, 2.45) is 0 Å². The summed E-state index contributed by atoms with van der Waals surface area (Å²) in [6.45, 7) is 3.39. The third kappa shape index (κ3) is 2.34. The van der Waals surface area contributed by atoms with Gasteiger partial charge in [-0.3, -0.25) is 4.90 Å². The Balaban J connectivity index is 1.76. The quantitative estimate of drug-likeness (QED) is 0.711. The summed E-state index contributed by atoms with van der Waals surface area (Å²) in [6, 6.07) is 5.99. The van der Waals surface area contributed by atoms with Crippen LogP contribution >= 0.6 is 0 Å². The summed E-state index contributed by atoms with van der Waals surface area (Å²) in [4.78, 5) is 6.53. The van der Waals surface area contributed by atoms with Gasteiger partial charge < -0.3 is 4.40 Å². The second kappa shape index (κ2) is 4.81. The third-order valence-electron chi connectivity index (χ3n) is 3.09. The molecule has 3 rings (SSSR count). The largest absolute Gasteiger partial charge is 0.303 e.